The second kappa shape index (κ2) is 6.21. The highest BCUT2D eigenvalue weighted by Crippen LogP contribution is 2.09. The molecule has 0 heterocycles. The van der Waals surface area contributed by atoms with Crippen molar-refractivity contribution in [3.05, 3.63) is 70.2 Å². The largest absolute Gasteiger partial charge is 0.269 e. The summed E-state index contributed by atoms with van der Waals surface area (Å²) in [4.78, 5) is 23.6. The third kappa shape index (κ3) is 3.59. The van der Waals surface area contributed by atoms with Gasteiger partial charge in [-0.05, 0) is 43.3 Å². The van der Waals surface area contributed by atoms with E-state index in [1.165, 1.54) is 0 Å². The van der Waals surface area contributed by atoms with Crippen molar-refractivity contribution in [2.24, 2.45) is 0 Å². The molecule has 20 heavy (non-hydrogen) atoms. The number of benzene rings is 2. The zero-order valence-corrected chi connectivity index (χ0v) is 11.6. The first-order valence-corrected chi connectivity index (χ1v) is 6.37. The highest BCUT2D eigenvalue weighted by molar-refractivity contribution is 6.30. The first kappa shape index (κ1) is 14.1. The van der Waals surface area contributed by atoms with Gasteiger partial charge >= 0.3 is 0 Å². The quantitative estimate of drug-likeness (QED) is 0.835. The maximum Gasteiger partial charge on any atom is 0.269 e. The Morgan fingerprint density at radius 3 is 1.65 bits per heavy atom. The van der Waals surface area contributed by atoms with E-state index in [2.05, 4.69) is 10.9 Å². The fourth-order valence-corrected chi connectivity index (χ4v) is 1.69. The fourth-order valence-electron chi connectivity index (χ4n) is 1.56. The lowest BCUT2D eigenvalue weighted by atomic mass is 10.1. The van der Waals surface area contributed by atoms with Gasteiger partial charge < -0.3 is 0 Å². The van der Waals surface area contributed by atoms with Gasteiger partial charge in [0.2, 0.25) is 0 Å². The van der Waals surface area contributed by atoms with E-state index in [0.717, 1.165) is 5.56 Å². The second-order valence-corrected chi connectivity index (χ2v) is 4.72. The Kier molecular flexibility index (Phi) is 4.38. The maximum atomic E-state index is 11.8. The van der Waals surface area contributed by atoms with Crippen LogP contribution in [-0.4, -0.2) is 11.8 Å². The minimum Gasteiger partial charge on any atom is -0.267 e. The summed E-state index contributed by atoms with van der Waals surface area (Å²) in [5.41, 5.74) is 6.67. The minimum atomic E-state index is -0.401. The van der Waals surface area contributed by atoms with Crippen molar-refractivity contribution in [1.82, 2.24) is 10.9 Å². The van der Waals surface area contributed by atoms with Crippen LogP contribution in [0.2, 0.25) is 5.02 Å². The lowest BCUT2D eigenvalue weighted by molar-refractivity contribution is 0.0846. The molecule has 0 radical (unpaired) electrons. The van der Waals surface area contributed by atoms with Gasteiger partial charge in [-0.3, -0.25) is 20.4 Å². The molecular formula is C15H13ClN2O2. The van der Waals surface area contributed by atoms with Crippen LogP contribution in [0.15, 0.2) is 48.5 Å². The van der Waals surface area contributed by atoms with Crippen molar-refractivity contribution < 1.29 is 9.59 Å². The lowest BCUT2D eigenvalue weighted by Gasteiger charge is -2.07. The van der Waals surface area contributed by atoms with Crippen molar-refractivity contribution in [1.29, 1.82) is 0 Å². The van der Waals surface area contributed by atoms with Crippen LogP contribution in [0.1, 0.15) is 26.3 Å². The van der Waals surface area contributed by atoms with Crippen LogP contribution in [0.4, 0.5) is 0 Å². The number of hydrazine groups is 1. The SMILES string of the molecule is Cc1ccc(C(=O)NNC(=O)c2ccc(Cl)cc2)cc1. The summed E-state index contributed by atoms with van der Waals surface area (Å²) < 4.78 is 0. The van der Waals surface area contributed by atoms with Crippen LogP contribution in [0.25, 0.3) is 0 Å². The summed E-state index contributed by atoms with van der Waals surface area (Å²) in [6.45, 7) is 1.93. The van der Waals surface area contributed by atoms with E-state index in [1.807, 2.05) is 19.1 Å². The normalized spacial score (nSPS) is 9.90. The Balaban J connectivity index is 1.94. The Bertz CT molecular complexity index is 564. The Morgan fingerprint density at radius 1 is 0.800 bits per heavy atom. The molecule has 0 unspecified atom stereocenters. The van der Waals surface area contributed by atoms with Gasteiger partial charge in [0, 0.05) is 16.1 Å². The van der Waals surface area contributed by atoms with Crippen molar-refractivity contribution in [2.45, 2.75) is 6.92 Å². The molecule has 0 saturated heterocycles. The van der Waals surface area contributed by atoms with E-state index < -0.39 is 5.91 Å². The number of hydrogen-bond donors (Lipinski definition) is 2. The number of carbonyl (C=O) groups excluding carboxylic acids is 2. The predicted molar refractivity (Wildman–Crippen MR) is 77.6 cm³/mol. The van der Waals surface area contributed by atoms with Gasteiger partial charge in [0.05, 0.1) is 0 Å². The van der Waals surface area contributed by atoms with Crippen molar-refractivity contribution in [2.75, 3.05) is 0 Å². The maximum absolute atomic E-state index is 11.8. The second-order valence-electron chi connectivity index (χ2n) is 4.28. The monoisotopic (exact) mass is 288 g/mol. The van der Waals surface area contributed by atoms with Crippen molar-refractivity contribution >= 4 is 23.4 Å². The predicted octanol–water partition coefficient (Wildman–Crippen LogP) is 2.72. The fraction of sp³-hybridized carbons (Fsp3) is 0.0667. The average molecular weight is 289 g/mol. The highest BCUT2D eigenvalue weighted by Gasteiger charge is 2.08. The van der Waals surface area contributed by atoms with Gasteiger partial charge in [-0.2, -0.15) is 0 Å². The van der Waals surface area contributed by atoms with Gasteiger partial charge in [0.15, 0.2) is 0 Å². The topological polar surface area (TPSA) is 58.2 Å². The molecule has 2 N–H and O–H groups in total. The van der Waals surface area contributed by atoms with Gasteiger partial charge in [0.25, 0.3) is 11.8 Å². The molecule has 0 atom stereocenters. The summed E-state index contributed by atoms with van der Waals surface area (Å²) in [6, 6.07) is 13.4. The van der Waals surface area contributed by atoms with Crippen LogP contribution >= 0.6 is 11.6 Å². The molecule has 102 valence electrons. The molecule has 4 nitrogen and oxygen atoms in total. The molecule has 0 aliphatic carbocycles. The Hall–Kier alpha value is -2.33. The number of nitrogens with one attached hydrogen (secondary N) is 2. The number of halogens is 1. The molecule has 0 aliphatic rings. The molecule has 0 fully saturated rings. The van der Waals surface area contributed by atoms with Gasteiger partial charge in [-0.15, -0.1) is 0 Å². The van der Waals surface area contributed by atoms with Gasteiger partial charge in [-0.1, -0.05) is 29.3 Å². The Labute approximate surface area is 121 Å². The third-order valence-electron chi connectivity index (χ3n) is 2.71. The van der Waals surface area contributed by atoms with Crippen molar-refractivity contribution in [3.63, 3.8) is 0 Å². The number of aryl methyl sites for hydroxylation is 1. The minimum absolute atomic E-state index is 0.368. The standard InChI is InChI=1S/C15H13ClN2O2/c1-10-2-4-11(5-3-10)14(19)17-18-15(20)12-6-8-13(16)9-7-12/h2-9H,1H3,(H,17,19)(H,18,20). The zero-order valence-electron chi connectivity index (χ0n) is 10.8. The summed E-state index contributed by atoms with van der Waals surface area (Å²) in [6.07, 6.45) is 0. The molecule has 2 aromatic rings. The number of amides is 2. The van der Waals surface area contributed by atoms with Crippen LogP contribution in [0, 0.1) is 6.92 Å². The first-order chi connectivity index (χ1) is 9.56. The van der Waals surface area contributed by atoms with Gasteiger partial charge in [0.1, 0.15) is 0 Å². The van der Waals surface area contributed by atoms with Crippen LogP contribution in [0.3, 0.4) is 0 Å². The molecule has 2 amide bonds. The summed E-state index contributed by atoms with van der Waals surface area (Å²) in [5, 5.41) is 0.547. The molecule has 0 bridgehead atoms. The molecule has 2 rings (SSSR count). The number of hydrogen-bond acceptors (Lipinski definition) is 2. The average Bonchev–Trinajstić information content (AvgIpc) is 2.46. The van der Waals surface area contributed by atoms with E-state index in [-0.39, 0.29) is 5.91 Å². The van der Waals surface area contributed by atoms with Crippen LogP contribution < -0.4 is 10.9 Å². The van der Waals surface area contributed by atoms with Gasteiger partial charge in [-0.25, -0.2) is 0 Å². The molecule has 0 saturated carbocycles. The third-order valence-corrected chi connectivity index (χ3v) is 2.96. The van der Waals surface area contributed by atoms with Crippen molar-refractivity contribution in [3.8, 4) is 0 Å². The van der Waals surface area contributed by atoms with E-state index in [0.29, 0.717) is 16.1 Å². The number of rotatable bonds is 2. The van der Waals surface area contributed by atoms with Crippen LogP contribution in [0.5, 0.6) is 0 Å². The number of carbonyl (C=O) groups is 2. The summed E-state index contributed by atoms with van der Waals surface area (Å²) in [7, 11) is 0. The molecule has 0 spiro atoms. The van der Waals surface area contributed by atoms with E-state index >= 15 is 0 Å². The smallest absolute Gasteiger partial charge is 0.267 e. The Morgan fingerprint density at radius 2 is 1.20 bits per heavy atom. The zero-order chi connectivity index (χ0) is 14.5. The van der Waals surface area contributed by atoms with E-state index in [9.17, 15) is 9.59 Å². The molecule has 2 aromatic carbocycles. The molecular weight excluding hydrogens is 276 g/mol. The van der Waals surface area contributed by atoms with E-state index in [4.69, 9.17) is 11.6 Å². The first-order valence-electron chi connectivity index (χ1n) is 5.99. The molecule has 0 aliphatic heterocycles. The molecule has 0 aromatic heterocycles. The lowest BCUT2D eigenvalue weighted by Crippen LogP contribution is -2.41. The summed E-state index contributed by atoms with van der Waals surface area (Å²) >= 11 is 5.74. The van der Waals surface area contributed by atoms with Crippen LogP contribution in [-0.2, 0) is 0 Å². The van der Waals surface area contributed by atoms with E-state index in [1.54, 1.807) is 36.4 Å². The molecule has 5 heteroatoms. The highest BCUT2D eigenvalue weighted by atomic mass is 35.5. The summed E-state index contributed by atoms with van der Waals surface area (Å²) in [5.74, 6) is -0.769.